The van der Waals surface area contributed by atoms with E-state index in [1.807, 2.05) is 52.8 Å². The Balaban J connectivity index is 2.30. The first-order chi connectivity index (χ1) is 8.64. The maximum atomic E-state index is 9.61. The quantitative estimate of drug-likeness (QED) is 0.831. The maximum absolute atomic E-state index is 9.61. The number of aliphatic hydroxyl groups excluding tert-OH is 1. The van der Waals surface area contributed by atoms with Gasteiger partial charge in [-0.1, -0.05) is 23.8 Å². The van der Waals surface area contributed by atoms with Crippen LogP contribution < -0.4 is 5.46 Å². The second-order valence-corrected chi connectivity index (χ2v) is 6.38. The zero-order valence-electron chi connectivity index (χ0n) is 12.7. The molecule has 1 aliphatic rings. The SMILES string of the molecule is Cc1cc(C(C)O)ccc1B1OC(C)(C)C(C)(C)O1. The van der Waals surface area contributed by atoms with Crippen LogP contribution in [-0.4, -0.2) is 23.4 Å². The van der Waals surface area contributed by atoms with Crippen LogP contribution in [0.5, 0.6) is 0 Å². The predicted molar refractivity (Wildman–Crippen MR) is 77.5 cm³/mol. The van der Waals surface area contributed by atoms with Crippen LogP contribution in [0.3, 0.4) is 0 Å². The molecule has 1 unspecified atom stereocenters. The Hall–Kier alpha value is -0.835. The standard InChI is InChI=1S/C15H23BO3/c1-10-9-12(11(2)17)7-8-13(10)16-18-14(3,4)15(5,6)19-16/h7-9,11,17H,1-6H3. The Morgan fingerprint density at radius 1 is 1.11 bits per heavy atom. The number of rotatable bonds is 2. The fourth-order valence-electron chi connectivity index (χ4n) is 2.19. The third kappa shape index (κ3) is 2.57. The van der Waals surface area contributed by atoms with Crippen molar-refractivity contribution in [1.82, 2.24) is 0 Å². The molecule has 19 heavy (non-hydrogen) atoms. The lowest BCUT2D eigenvalue weighted by molar-refractivity contribution is 0.00578. The summed E-state index contributed by atoms with van der Waals surface area (Å²) in [5.41, 5.74) is 2.37. The van der Waals surface area contributed by atoms with Crippen LogP contribution >= 0.6 is 0 Å². The first-order valence-corrected chi connectivity index (χ1v) is 6.78. The van der Waals surface area contributed by atoms with Crippen molar-refractivity contribution in [2.24, 2.45) is 0 Å². The highest BCUT2D eigenvalue weighted by molar-refractivity contribution is 6.62. The van der Waals surface area contributed by atoms with Crippen molar-refractivity contribution >= 4 is 12.6 Å². The third-order valence-electron chi connectivity index (χ3n) is 4.28. The minimum Gasteiger partial charge on any atom is -0.399 e. The van der Waals surface area contributed by atoms with E-state index in [0.717, 1.165) is 16.6 Å². The molecule has 4 heteroatoms. The van der Waals surface area contributed by atoms with Gasteiger partial charge in [0.2, 0.25) is 0 Å². The summed E-state index contributed by atoms with van der Waals surface area (Å²) in [5.74, 6) is 0. The molecule has 2 rings (SSSR count). The van der Waals surface area contributed by atoms with Gasteiger partial charge in [0, 0.05) is 0 Å². The monoisotopic (exact) mass is 262 g/mol. The molecular formula is C15H23BO3. The van der Waals surface area contributed by atoms with Crippen molar-refractivity contribution in [3.05, 3.63) is 29.3 Å². The number of hydrogen-bond donors (Lipinski definition) is 1. The van der Waals surface area contributed by atoms with Gasteiger partial charge in [-0.05, 0) is 52.6 Å². The van der Waals surface area contributed by atoms with E-state index in [1.54, 1.807) is 6.92 Å². The minimum atomic E-state index is -0.453. The van der Waals surface area contributed by atoms with Crippen LogP contribution in [0.4, 0.5) is 0 Å². The second kappa shape index (κ2) is 4.62. The summed E-state index contributed by atoms with van der Waals surface area (Å²) in [6.45, 7) is 12.0. The summed E-state index contributed by atoms with van der Waals surface area (Å²) in [6.07, 6.45) is -0.453. The van der Waals surface area contributed by atoms with Gasteiger partial charge in [0.1, 0.15) is 0 Å². The van der Waals surface area contributed by atoms with Crippen LogP contribution in [0.15, 0.2) is 18.2 Å². The van der Waals surface area contributed by atoms with E-state index in [-0.39, 0.29) is 18.3 Å². The van der Waals surface area contributed by atoms with Gasteiger partial charge >= 0.3 is 7.12 Å². The molecule has 1 fully saturated rings. The molecule has 1 saturated heterocycles. The van der Waals surface area contributed by atoms with E-state index in [9.17, 15) is 5.11 Å². The Labute approximate surface area is 116 Å². The molecule has 0 radical (unpaired) electrons. The average Bonchev–Trinajstić information content (AvgIpc) is 2.47. The van der Waals surface area contributed by atoms with E-state index < -0.39 is 6.10 Å². The molecule has 1 N–H and O–H groups in total. The van der Waals surface area contributed by atoms with Gasteiger partial charge in [0.25, 0.3) is 0 Å². The molecule has 0 saturated carbocycles. The van der Waals surface area contributed by atoms with Crippen molar-refractivity contribution < 1.29 is 14.4 Å². The molecule has 1 aromatic rings. The highest BCUT2D eigenvalue weighted by atomic mass is 16.7. The van der Waals surface area contributed by atoms with Gasteiger partial charge in [-0.15, -0.1) is 0 Å². The van der Waals surface area contributed by atoms with Gasteiger partial charge < -0.3 is 14.4 Å². The molecule has 1 aromatic carbocycles. The maximum Gasteiger partial charge on any atom is 0.495 e. The lowest BCUT2D eigenvalue weighted by atomic mass is 9.75. The Morgan fingerprint density at radius 2 is 1.63 bits per heavy atom. The number of benzene rings is 1. The van der Waals surface area contributed by atoms with E-state index in [0.29, 0.717) is 0 Å². The molecule has 1 heterocycles. The minimum absolute atomic E-state index is 0.326. The van der Waals surface area contributed by atoms with Crippen molar-refractivity contribution in [3.63, 3.8) is 0 Å². The second-order valence-electron chi connectivity index (χ2n) is 6.38. The largest absolute Gasteiger partial charge is 0.495 e. The number of aryl methyl sites for hydroxylation is 1. The highest BCUT2D eigenvalue weighted by Crippen LogP contribution is 2.36. The Morgan fingerprint density at radius 3 is 2.05 bits per heavy atom. The van der Waals surface area contributed by atoms with E-state index in [4.69, 9.17) is 9.31 Å². The summed E-state index contributed by atoms with van der Waals surface area (Å²) >= 11 is 0. The lowest BCUT2D eigenvalue weighted by Crippen LogP contribution is -2.41. The Bertz CT molecular complexity index is 464. The zero-order valence-corrected chi connectivity index (χ0v) is 12.7. The lowest BCUT2D eigenvalue weighted by Gasteiger charge is -2.32. The van der Waals surface area contributed by atoms with Crippen molar-refractivity contribution in [1.29, 1.82) is 0 Å². The van der Waals surface area contributed by atoms with Gasteiger partial charge in [-0.25, -0.2) is 0 Å². The number of hydrogen-bond acceptors (Lipinski definition) is 3. The smallest absolute Gasteiger partial charge is 0.399 e. The summed E-state index contributed by atoms with van der Waals surface area (Å²) in [7, 11) is -0.340. The van der Waals surface area contributed by atoms with E-state index in [2.05, 4.69) is 0 Å². The molecule has 0 bridgehead atoms. The van der Waals surface area contributed by atoms with E-state index in [1.165, 1.54) is 0 Å². The Kier molecular flexibility index (Phi) is 3.54. The zero-order chi connectivity index (χ0) is 14.4. The fourth-order valence-corrected chi connectivity index (χ4v) is 2.19. The first kappa shape index (κ1) is 14.6. The summed E-state index contributed by atoms with van der Waals surface area (Å²) < 4.78 is 12.1. The van der Waals surface area contributed by atoms with Gasteiger partial charge in [0.15, 0.2) is 0 Å². The number of aliphatic hydroxyl groups is 1. The molecule has 0 aliphatic carbocycles. The van der Waals surface area contributed by atoms with Gasteiger partial charge in [-0.3, -0.25) is 0 Å². The third-order valence-corrected chi connectivity index (χ3v) is 4.28. The van der Waals surface area contributed by atoms with Crippen LogP contribution in [0, 0.1) is 6.92 Å². The van der Waals surface area contributed by atoms with Crippen LogP contribution in [0.2, 0.25) is 0 Å². The molecular weight excluding hydrogens is 239 g/mol. The van der Waals surface area contributed by atoms with Crippen LogP contribution in [-0.2, 0) is 9.31 Å². The summed E-state index contributed by atoms with van der Waals surface area (Å²) in [4.78, 5) is 0. The van der Waals surface area contributed by atoms with E-state index >= 15 is 0 Å². The van der Waals surface area contributed by atoms with Crippen molar-refractivity contribution in [2.75, 3.05) is 0 Å². The molecule has 0 aromatic heterocycles. The van der Waals surface area contributed by atoms with Crippen LogP contribution in [0.1, 0.15) is 51.8 Å². The predicted octanol–water partition coefficient (Wildman–Crippen LogP) is 2.35. The molecule has 1 atom stereocenters. The summed E-state index contributed by atoms with van der Waals surface area (Å²) in [5, 5.41) is 9.61. The molecule has 0 spiro atoms. The first-order valence-electron chi connectivity index (χ1n) is 6.78. The molecule has 104 valence electrons. The fraction of sp³-hybridized carbons (Fsp3) is 0.600. The normalized spacial score (nSPS) is 22.6. The molecule has 3 nitrogen and oxygen atoms in total. The van der Waals surface area contributed by atoms with Gasteiger partial charge in [-0.2, -0.15) is 0 Å². The topological polar surface area (TPSA) is 38.7 Å². The van der Waals surface area contributed by atoms with Gasteiger partial charge in [0.05, 0.1) is 17.3 Å². The van der Waals surface area contributed by atoms with Crippen LogP contribution in [0.25, 0.3) is 0 Å². The summed E-state index contributed by atoms with van der Waals surface area (Å²) in [6, 6.07) is 5.91. The molecule has 1 aliphatic heterocycles. The van der Waals surface area contributed by atoms with Crippen molar-refractivity contribution in [2.45, 2.75) is 58.8 Å². The van der Waals surface area contributed by atoms with Crippen molar-refractivity contribution in [3.8, 4) is 0 Å². The average molecular weight is 262 g/mol. The highest BCUT2D eigenvalue weighted by Gasteiger charge is 2.51. The molecule has 0 amide bonds.